The maximum absolute atomic E-state index is 8.15. The summed E-state index contributed by atoms with van der Waals surface area (Å²) < 4.78 is 8.15. The molecule has 0 bridgehead atoms. The second-order valence-electron chi connectivity index (χ2n) is 4.12. The number of rotatable bonds is 4. The highest BCUT2D eigenvalue weighted by Crippen LogP contribution is 2.42. The van der Waals surface area contributed by atoms with Gasteiger partial charge in [0, 0.05) is 0 Å². The van der Waals surface area contributed by atoms with Crippen LogP contribution in [0.15, 0.2) is 72.0 Å². The summed E-state index contributed by atoms with van der Waals surface area (Å²) >= 11 is 0. The topological polar surface area (TPSA) is 0 Å². The van der Waals surface area contributed by atoms with Crippen molar-refractivity contribution in [1.82, 2.24) is 0 Å². The molecule has 0 radical (unpaired) electrons. The zero-order valence-electron chi connectivity index (χ0n) is 11.9. The van der Waals surface area contributed by atoms with Gasteiger partial charge in [0.2, 0.25) is 0 Å². The molecule has 0 nitrogen and oxygen atoms in total. The van der Waals surface area contributed by atoms with Gasteiger partial charge < -0.3 is 0 Å². The van der Waals surface area contributed by atoms with Crippen LogP contribution in [0.1, 0.15) is 21.6 Å². The summed E-state index contributed by atoms with van der Waals surface area (Å²) in [5.41, 5.74) is 0. The van der Waals surface area contributed by atoms with Crippen molar-refractivity contribution >= 4 is 18.5 Å². The Morgan fingerprint density at radius 2 is 1.44 bits per heavy atom. The summed E-state index contributed by atoms with van der Waals surface area (Å²) in [6, 6.07) is 21.9. The average molecular weight is 255 g/mol. The van der Waals surface area contributed by atoms with Gasteiger partial charge in [-0.1, -0.05) is 73.6 Å². The number of allylic oxidation sites excluding steroid dienone is 2. The molecule has 0 heterocycles. The molecule has 0 fully saturated rings. The highest BCUT2D eigenvalue weighted by Gasteiger charge is 2.14. The normalized spacial score (nSPS) is 13.2. The maximum Gasteiger partial charge on any atom is 0.0579 e. The molecular weight excluding hydrogens is 235 g/mol. The van der Waals surface area contributed by atoms with Crippen LogP contribution in [0, 0.1) is 0 Å². The number of benzene rings is 2. The molecule has 2 aromatic carbocycles. The van der Waals surface area contributed by atoms with Gasteiger partial charge in [-0.25, -0.2) is 0 Å². The largest absolute Gasteiger partial charge is 0.0808 e. The maximum atomic E-state index is 8.15. The highest BCUT2D eigenvalue weighted by molar-refractivity contribution is 7.76. The number of hydrogen-bond donors (Lipinski definition) is 0. The van der Waals surface area contributed by atoms with Crippen LogP contribution in [0.3, 0.4) is 0 Å². The van der Waals surface area contributed by atoms with Gasteiger partial charge in [0.25, 0.3) is 0 Å². The van der Waals surface area contributed by atoms with Gasteiger partial charge in [-0.05, 0) is 37.2 Å². The van der Waals surface area contributed by atoms with Gasteiger partial charge in [0.1, 0.15) is 0 Å². The van der Waals surface area contributed by atoms with Gasteiger partial charge in [-0.2, -0.15) is 0 Å². The van der Waals surface area contributed by atoms with Crippen LogP contribution in [-0.4, -0.2) is 0 Å². The van der Waals surface area contributed by atoms with E-state index in [1.54, 1.807) is 0 Å². The first-order valence-electron chi connectivity index (χ1n) is 6.80. The smallest absolute Gasteiger partial charge is 0.0579 e. The van der Waals surface area contributed by atoms with Gasteiger partial charge in [-0.15, -0.1) is 0 Å². The Hall–Kier alpha value is -1.39. The lowest BCUT2D eigenvalue weighted by Crippen LogP contribution is -2.11. The molecule has 2 rings (SSSR count). The molecule has 18 heavy (non-hydrogen) atoms. The monoisotopic (exact) mass is 255 g/mol. The molecule has 92 valence electrons. The first kappa shape index (κ1) is 11.7. The molecule has 0 aliphatic rings. The third kappa shape index (κ3) is 3.09. The molecule has 0 spiro atoms. The van der Waals surface area contributed by atoms with Crippen molar-refractivity contribution in [2.24, 2.45) is 0 Å². The minimum atomic E-state index is -0.565. The van der Waals surface area contributed by atoms with E-state index in [4.69, 9.17) is 1.37 Å². The number of hydrogen-bond acceptors (Lipinski definition) is 0. The molecule has 0 saturated carbocycles. The summed E-state index contributed by atoms with van der Waals surface area (Å²) in [6.45, 7) is 4.16. The second kappa shape index (κ2) is 6.52. The van der Waals surface area contributed by atoms with Crippen molar-refractivity contribution in [3.63, 3.8) is 0 Å². The van der Waals surface area contributed by atoms with Crippen molar-refractivity contribution in [3.05, 3.63) is 72.0 Å². The molecule has 1 heteroatoms. The van der Waals surface area contributed by atoms with E-state index in [0.717, 1.165) is 12.5 Å². The fourth-order valence-electron chi connectivity index (χ4n) is 2.03. The predicted molar refractivity (Wildman–Crippen MR) is 83.1 cm³/mol. The van der Waals surface area contributed by atoms with Crippen molar-refractivity contribution in [2.45, 2.75) is 20.3 Å². The molecule has 0 atom stereocenters. The summed E-state index contributed by atoms with van der Waals surface area (Å²) in [7, 11) is -0.565. The summed E-state index contributed by atoms with van der Waals surface area (Å²) in [4.78, 5) is 0. The first-order valence-corrected chi connectivity index (χ1v) is 7.64. The van der Waals surface area contributed by atoms with E-state index in [2.05, 4.69) is 62.4 Å². The standard InChI is InChI=1S/C17H19P/c1-3-10-15(2)18(16-11-6-4-7-12-16)17-13-8-5-9-14-17/h4-14H,3H2,1-2H3/b15-10+/i10D. The predicted octanol–water partition coefficient (Wildman–Crippen LogP) is 4.43. The van der Waals surface area contributed by atoms with Gasteiger partial charge >= 0.3 is 0 Å². The average Bonchev–Trinajstić information content (AvgIpc) is 2.49. The Bertz CT molecular complexity index is 506. The van der Waals surface area contributed by atoms with Crippen molar-refractivity contribution in [3.8, 4) is 0 Å². The van der Waals surface area contributed by atoms with E-state index in [1.165, 1.54) is 15.9 Å². The minimum Gasteiger partial charge on any atom is -0.0808 e. The molecule has 2 aromatic rings. The van der Waals surface area contributed by atoms with Crippen LogP contribution < -0.4 is 10.6 Å². The highest BCUT2D eigenvalue weighted by atomic mass is 31.1. The van der Waals surface area contributed by atoms with E-state index in [0.29, 0.717) is 0 Å². The fourth-order valence-corrected chi connectivity index (χ4v) is 4.35. The van der Waals surface area contributed by atoms with Crippen LogP contribution in [0.2, 0.25) is 0 Å². The Morgan fingerprint density at radius 1 is 1.00 bits per heavy atom. The molecular formula is C17H19P. The van der Waals surface area contributed by atoms with Gasteiger partial charge in [0.15, 0.2) is 0 Å². The van der Waals surface area contributed by atoms with Crippen LogP contribution >= 0.6 is 7.92 Å². The Labute approximate surface area is 113 Å². The fraction of sp³-hybridized carbons (Fsp3) is 0.176. The zero-order valence-corrected chi connectivity index (χ0v) is 11.8. The van der Waals surface area contributed by atoms with E-state index < -0.39 is 7.92 Å². The molecule has 0 unspecified atom stereocenters. The second-order valence-corrected chi connectivity index (χ2v) is 6.50. The third-order valence-electron chi connectivity index (χ3n) is 2.80. The van der Waals surface area contributed by atoms with Gasteiger partial charge in [0.05, 0.1) is 1.37 Å². The SMILES string of the molecule is [2H]/C(CC)=C(/C)P(c1ccccc1)c1ccccc1. The minimum absolute atomic E-state index is 0.565. The third-order valence-corrected chi connectivity index (χ3v) is 5.25. The van der Waals surface area contributed by atoms with Crippen molar-refractivity contribution in [2.75, 3.05) is 0 Å². The first-order chi connectivity index (χ1) is 9.24. The quantitative estimate of drug-likeness (QED) is 0.709. The van der Waals surface area contributed by atoms with E-state index in [-0.39, 0.29) is 0 Å². The lowest BCUT2D eigenvalue weighted by Gasteiger charge is -2.19. The van der Waals surface area contributed by atoms with E-state index >= 15 is 0 Å². The van der Waals surface area contributed by atoms with Crippen molar-refractivity contribution in [1.29, 1.82) is 0 Å². The Kier molecular flexibility index (Phi) is 4.23. The van der Waals surface area contributed by atoms with Crippen LogP contribution in [-0.2, 0) is 0 Å². The van der Waals surface area contributed by atoms with E-state index in [9.17, 15) is 0 Å². The molecule has 0 amide bonds. The van der Waals surface area contributed by atoms with Crippen LogP contribution in [0.25, 0.3) is 0 Å². The molecule has 0 saturated heterocycles. The van der Waals surface area contributed by atoms with Gasteiger partial charge in [-0.3, -0.25) is 0 Å². The van der Waals surface area contributed by atoms with Crippen LogP contribution in [0.4, 0.5) is 0 Å². The summed E-state index contributed by atoms with van der Waals surface area (Å²) in [6.07, 6.45) is 0.796. The molecule has 0 aliphatic carbocycles. The zero-order chi connectivity index (χ0) is 13.7. The Morgan fingerprint density at radius 3 is 1.83 bits per heavy atom. The lowest BCUT2D eigenvalue weighted by molar-refractivity contribution is 1.21. The molecule has 0 aliphatic heterocycles. The lowest BCUT2D eigenvalue weighted by atomic mass is 10.4. The summed E-state index contributed by atoms with van der Waals surface area (Å²) in [5, 5.41) is 3.84. The van der Waals surface area contributed by atoms with E-state index in [1.807, 2.05) is 12.1 Å². The Balaban J connectivity index is 2.52. The summed E-state index contributed by atoms with van der Waals surface area (Å²) in [5.74, 6) is 0. The van der Waals surface area contributed by atoms with Crippen LogP contribution in [0.5, 0.6) is 0 Å². The molecule has 0 aromatic heterocycles. The molecule has 0 N–H and O–H groups in total. The van der Waals surface area contributed by atoms with Crippen molar-refractivity contribution < 1.29 is 1.37 Å².